The van der Waals surface area contributed by atoms with Gasteiger partial charge in [-0.1, -0.05) is 20.8 Å². The van der Waals surface area contributed by atoms with Crippen LogP contribution >= 0.6 is 0 Å². The topological polar surface area (TPSA) is 58.6 Å². The molecule has 2 amide bonds. The Bertz CT molecular complexity index is 389. The number of nitrogens with one attached hydrogen (secondary N) is 1. The van der Waals surface area contributed by atoms with Crippen molar-refractivity contribution in [3.63, 3.8) is 0 Å². The number of carbonyl (C=O) groups excluding carboxylic acids is 2. The number of hydrogen-bond donors (Lipinski definition) is 1. The molecule has 0 aromatic heterocycles. The highest BCUT2D eigenvalue weighted by molar-refractivity contribution is 5.89. The Kier molecular flexibility index (Phi) is 4.37. The summed E-state index contributed by atoms with van der Waals surface area (Å²) >= 11 is 0. The monoisotopic (exact) mass is 282 g/mol. The zero-order valence-corrected chi connectivity index (χ0v) is 12.9. The van der Waals surface area contributed by atoms with E-state index in [1.807, 2.05) is 0 Å². The van der Waals surface area contributed by atoms with Gasteiger partial charge in [0.1, 0.15) is 0 Å². The third kappa shape index (κ3) is 3.32. The van der Waals surface area contributed by atoms with Gasteiger partial charge in [0.05, 0.1) is 12.0 Å². The van der Waals surface area contributed by atoms with Gasteiger partial charge in [0.15, 0.2) is 0 Å². The molecule has 0 bridgehead atoms. The fourth-order valence-electron chi connectivity index (χ4n) is 3.22. The Balaban J connectivity index is 1.83. The molecule has 2 rings (SSSR count). The molecule has 0 aromatic carbocycles. The summed E-state index contributed by atoms with van der Waals surface area (Å²) in [6.45, 7) is 8.46. The third-order valence-corrected chi connectivity index (χ3v) is 4.32. The lowest BCUT2D eigenvalue weighted by molar-refractivity contribution is -0.128. The Labute approximate surface area is 121 Å². The summed E-state index contributed by atoms with van der Waals surface area (Å²) in [5, 5.41) is 3.01. The number of ether oxygens (including phenoxy) is 1. The number of rotatable bonds is 3. The number of nitrogens with zero attached hydrogens (tertiary/aromatic N) is 1. The van der Waals surface area contributed by atoms with Crippen molar-refractivity contribution in [3.8, 4) is 0 Å². The third-order valence-electron chi connectivity index (χ3n) is 4.32. The summed E-state index contributed by atoms with van der Waals surface area (Å²) < 4.78 is 5.81. The van der Waals surface area contributed by atoms with E-state index in [0.29, 0.717) is 25.4 Å². The van der Waals surface area contributed by atoms with Crippen LogP contribution in [0.1, 0.15) is 33.6 Å². The standard InChI is InChI=1S/C15H26N2O3/c1-15(2,3)13-10(5-6-20-13)8-16-14(19)11-7-12(18)17(4)9-11/h10-11,13H,5-9H2,1-4H3,(H,16,19)/t10-,11-,13+/m1/s1. The lowest BCUT2D eigenvalue weighted by Crippen LogP contribution is -2.41. The molecule has 0 aliphatic carbocycles. The molecule has 2 fully saturated rings. The highest BCUT2D eigenvalue weighted by Crippen LogP contribution is 2.34. The fraction of sp³-hybridized carbons (Fsp3) is 0.867. The molecule has 5 heteroatoms. The second kappa shape index (κ2) is 5.72. The van der Waals surface area contributed by atoms with Crippen molar-refractivity contribution < 1.29 is 14.3 Å². The van der Waals surface area contributed by atoms with Gasteiger partial charge in [-0.3, -0.25) is 9.59 Å². The van der Waals surface area contributed by atoms with E-state index in [2.05, 4.69) is 26.1 Å². The van der Waals surface area contributed by atoms with Crippen LogP contribution in [0, 0.1) is 17.3 Å². The summed E-state index contributed by atoms with van der Waals surface area (Å²) in [6, 6.07) is 0. The number of likely N-dealkylation sites (tertiary alicyclic amines) is 1. The SMILES string of the molecule is CN1C[C@H](C(=O)NC[C@H]2CCO[C@@H]2C(C)(C)C)CC1=O. The van der Waals surface area contributed by atoms with Crippen LogP contribution in [0.4, 0.5) is 0 Å². The van der Waals surface area contributed by atoms with Crippen molar-refractivity contribution in [1.82, 2.24) is 10.2 Å². The summed E-state index contributed by atoms with van der Waals surface area (Å²) in [5.41, 5.74) is 0.0927. The molecule has 2 heterocycles. The zero-order valence-electron chi connectivity index (χ0n) is 12.9. The van der Waals surface area contributed by atoms with Gasteiger partial charge in [0.2, 0.25) is 11.8 Å². The van der Waals surface area contributed by atoms with E-state index < -0.39 is 0 Å². The average Bonchev–Trinajstić information content (AvgIpc) is 2.93. The first-order chi connectivity index (χ1) is 9.29. The Hall–Kier alpha value is -1.10. The second-order valence-electron chi connectivity index (χ2n) is 7.13. The van der Waals surface area contributed by atoms with E-state index >= 15 is 0 Å². The molecule has 0 saturated carbocycles. The van der Waals surface area contributed by atoms with E-state index in [4.69, 9.17) is 4.74 Å². The van der Waals surface area contributed by atoms with E-state index in [-0.39, 0.29) is 29.3 Å². The Morgan fingerprint density at radius 3 is 2.70 bits per heavy atom. The fourth-order valence-corrected chi connectivity index (χ4v) is 3.22. The smallest absolute Gasteiger partial charge is 0.225 e. The molecule has 0 unspecified atom stereocenters. The maximum absolute atomic E-state index is 12.1. The van der Waals surface area contributed by atoms with Crippen LogP contribution in [0.2, 0.25) is 0 Å². The predicted octanol–water partition coefficient (Wildman–Crippen LogP) is 1.03. The maximum Gasteiger partial charge on any atom is 0.225 e. The van der Waals surface area contributed by atoms with Crippen LogP contribution in [-0.2, 0) is 14.3 Å². The van der Waals surface area contributed by atoms with Crippen LogP contribution in [0.3, 0.4) is 0 Å². The van der Waals surface area contributed by atoms with Crippen molar-refractivity contribution in [2.24, 2.45) is 17.3 Å². The highest BCUT2D eigenvalue weighted by atomic mass is 16.5. The first-order valence-electron chi connectivity index (χ1n) is 7.42. The normalized spacial score (nSPS) is 30.9. The Morgan fingerprint density at radius 2 is 2.15 bits per heavy atom. The molecule has 1 N–H and O–H groups in total. The molecule has 0 aromatic rings. The number of hydrogen-bond acceptors (Lipinski definition) is 3. The van der Waals surface area contributed by atoms with Crippen LogP contribution in [-0.4, -0.2) is 49.6 Å². The minimum Gasteiger partial charge on any atom is -0.377 e. The van der Waals surface area contributed by atoms with Crippen LogP contribution in [0.5, 0.6) is 0 Å². The van der Waals surface area contributed by atoms with Crippen LogP contribution < -0.4 is 5.32 Å². The van der Waals surface area contributed by atoms with Crippen molar-refractivity contribution in [3.05, 3.63) is 0 Å². The van der Waals surface area contributed by atoms with Gasteiger partial charge in [-0.05, 0) is 11.8 Å². The molecule has 114 valence electrons. The molecule has 0 radical (unpaired) electrons. The molecule has 5 nitrogen and oxygen atoms in total. The van der Waals surface area contributed by atoms with Crippen LogP contribution in [0.25, 0.3) is 0 Å². The Morgan fingerprint density at radius 1 is 1.45 bits per heavy atom. The van der Waals surface area contributed by atoms with Gasteiger partial charge in [0, 0.05) is 39.1 Å². The summed E-state index contributed by atoms with van der Waals surface area (Å²) in [5.74, 6) is 0.237. The molecule has 3 atom stereocenters. The molecule has 0 spiro atoms. The van der Waals surface area contributed by atoms with E-state index in [9.17, 15) is 9.59 Å². The quantitative estimate of drug-likeness (QED) is 0.841. The first-order valence-corrected chi connectivity index (χ1v) is 7.42. The highest BCUT2D eigenvalue weighted by Gasteiger charge is 2.38. The van der Waals surface area contributed by atoms with Gasteiger partial charge in [-0.2, -0.15) is 0 Å². The first kappa shape index (κ1) is 15.3. The van der Waals surface area contributed by atoms with Gasteiger partial charge >= 0.3 is 0 Å². The molecule has 2 aliphatic rings. The van der Waals surface area contributed by atoms with Crippen molar-refractivity contribution >= 4 is 11.8 Å². The van der Waals surface area contributed by atoms with Crippen molar-refractivity contribution in [2.75, 3.05) is 26.7 Å². The minimum atomic E-state index is -0.192. The lowest BCUT2D eigenvalue weighted by Gasteiger charge is -2.31. The van der Waals surface area contributed by atoms with Crippen molar-refractivity contribution in [2.45, 2.75) is 39.7 Å². The molecule has 20 heavy (non-hydrogen) atoms. The molecule has 2 aliphatic heterocycles. The van der Waals surface area contributed by atoms with E-state index in [0.717, 1.165) is 13.0 Å². The largest absolute Gasteiger partial charge is 0.377 e. The summed E-state index contributed by atoms with van der Waals surface area (Å²) in [4.78, 5) is 25.2. The minimum absolute atomic E-state index is 0.00209. The van der Waals surface area contributed by atoms with Crippen molar-refractivity contribution in [1.29, 1.82) is 0 Å². The summed E-state index contributed by atoms with van der Waals surface area (Å²) in [6.07, 6.45) is 1.52. The molecular formula is C15H26N2O3. The van der Waals surface area contributed by atoms with Gasteiger partial charge in [-0.15, -0.1) is 0 Å². The number of carbonyl (C=O) groups is 2. The zero-order chi connectivity index (χ0) is 14.9. The van der Waals surface area contributed by atoms with Gasteiger partial charge in [-0.25, -0.2) is 0 Å². The van der Waals surface area contributed by atoms with Crippen LogP contribution in [0.15, 0.2) is 0 Å². The van der Waals surface area contributed by atoms with E-state index in [1.165, 1.54) is 0 Å². The summed E-state index contributed by atoms with van der Waals surface area (Å²) in [7, 11) is 1.75. The maximum atomic E-state index is 12.1. The second-order valence-corrected chi connectivity index (χ2v) is 7.13. The molecular weight excluding hydrogens is 256 g/mol. The van der Waals surface area contributed by atoms with Gasteiger partial charge in [0.25, 0.3) is 0 Å². The molecule has 2 saturated heterocycles. The van der Waals surface area contributed by atoms with Gasteiger partial charge < -0.3 is 15.0 Å². The lowest BCUT2D eigenvalue weighted by atomic mass is 9.81. The predicted molar refractivity (Wildman–Crippen MR) is 76.1 cm³/mol. The number of amides is 2. The average molecular weight is 282 g/mol. The van der Waals surface area contributed by atoms with E-state index in [1.54, 1.807) is 11.9 Å².